The standard InChI is InChI=1S/C10H16N4O3/c1-15-7-4-6(5-7)11-8-12-9(16-2)14-10(13-8)17-3/h6-7H,4-5H2,1-3H3,(H,11,12,13,14). The van der Waals surface area contributed by atoms with Crippen LogP contribution in [0.5, 0.6) is 12.0 Å². The molecule has 1 saturated carbocycles. The zero-order valence-corrected chi connectivity index (χ0v) is 10.1. The van der Waals surface area contributed by atoms with Crippen LogP contribution in [0.4, 0.5) is 5.95 Å². The monoisotopic (exact) mass is 240 g/mol. The van der Waals surface area contributed by atoms with E-state index in [1.54, 1.807) is 7.11 Å². The van der Waals surface area contributed by atoms with E-state index in [0.29, 0.717) is 18.1 Å². The number of methoxy groups -OCH3 is 3. The van der Waals surface area contributed by atoms with Gasteiger partial charge in [-0.15, -0.1) is 4.98 Å². The lowest BCUT2D eigenvalue weighted by Crippen LogP contribution is -2.40. The average Bonchev–Trinajstić information content (AvgIpc) is 2.32. The van der Waals surface area contributed by atoms with Crippen LogP contribution < -0.4 is 14.8 Å². The molecule has 1 N–H and O–H groups in total. The summed E-state index contributed by atoms with van der Waals surface area (Å²) in [7, 11) is 4.72. The van der Waals surface area contributed by atoms with Gasteiger partial charge in [-0.3, -0.25) is 0 Å². The smallest absolute Gasteiger partial charge is 0.324 e. The van der Waals surface area contributed by atoms with Crippen molar-refractivity contribution in [1.29, 1.82) is 0 Å². The van der Waals surface area contributed by atoms with Gasteiger partial charge >= 0.3 is 12.0 Å². The molecule has 7 heteroatoms. The molecule has 1 aromatic heterocycles. The highest BCUT2D eigenvalue weighted by Crippen LogP contribution is 2.25. The van der Waals surface area contributed by atoms with Crippen LogP contribution in [0, 0.1) is 0 Å². The fraction of sp³-hybridized carbons (Fsp3) is 0.700. The quantitative estimate of drug-likeness (QED) is 0.801. The minimum Gasteiger partial charge on any atom is -0.467 e. The van der Waals surface area contributed by atoms with Gasteiger partial charge in [0, 0.05) is 13.2 Å². The Bertz CT molecular complexity index is 360. The molecule has 94 valence electrons. The third kappa shape index (κ3) is 2.73. The van der Waals surface area contributed by atoms with E-state index in [9.17, 15) is 0 Å². The number of hydrogen-bond acceptors (Lipinski definition) is 7. The van der Waals surface area contributed by atoms with E-state index in [4.69, 9.17) is 14.2 Å². The molecule has 0 aromatic carbocycles. The minimum atomic E-state index is 0.238. The predicted octanol–water partition coefficient (Wildman–Crippen LogP) is 0.478. The molecule has 0 bridgehead atoms. The van der Waals surface area contributed by atoms with Crippen LogP contribution in [-0.2, 0) is 4.74 Å². The number of hydrogen-bond donors (Lipinski definition) is 1. The second kappa shape index (κ2) is 5.13. The molecule has 0 saturated heterocycles. The van der Waals surface area contributed by atoms with E-state index in [-0.39, 0.29) is 12.0 Å². The Kier molecular flexibility index (Phi) is 3.58. The average molecular weight is 240 g/mol. The molecule has 1 aliphatic carbocycles. The van der Waals surface area contributed by atoms with Gasteiger partial charge in [-0.2, -0.15) is 9.97 Å². The van der Waals surface area contributed by atoms with Crippen LogP contribution in [0.2, 0.25) is 0 Å². The molecule has 0 unspecified atom stereocenters. The molecule has 2 rings (SSSR count). The van der Waals surface area contributed by atoms with Gasteiger partial charge in [0.05, 0.1) is 20.3 Å². The maximum Gasteiger partial charge on any atom is 0.324 e. The molecule has 17 heavy (non-hydrogen) atoms. The van der Waals surface area contributed by atoms with Gasteiger partial charge in [-0.25, -0.2) is 0 Å². The lowest BCUT2D eigenvalue weighted by atomic mass is 9.89. The first-order valence-corrected chi connectivity index (χ1v) is 5.38. The van der Waals surface area contributed by atoms with Crippen LogP contribution in [0.1, 0.15) is 12.8 Å². The lowest BCUT2D eigenvalue weighted by Gasteiger charge is -2.34. The summed E-state index contributed by atoms with van der Waals surface area (Å²) in [4.78, 5) is 12.1. The Labute approximate surface area is 99.5 Å². The molecule has 1 aromatic rings. The summed E-state index contributed by atoms with van der Waals surface area (Å²) < 4.78 is 15.1. The van der Waals surface area contributed by atoms with E-state index >= 15 is 0 Å². The molecular formula is C10H16N4O3. The van der Waals surface area contributed by atoms with Gasteiger partial charge < -0.3 is 19.5 Å². The summed E-state index contributed by atoms with van der Waals surface area (Å²) in [6.45, 7) is 0. The Morgan fingerprint density at radius 2 is 1.59 bits per heavy atom. The summed E-state index contributed by atoms with van der Waals surface area (Å²) in [6, 6.07) is 0.806. The summed E-state index contributed by atoms with van der Waals surface area (Å²) in [6.07, 6.45) is 2.23. The van der Waals surface area contributed by atoms with Gasteiger partial charge in [0.1, 0.15) is 0 Å². The minimum absolute atomic E-state index is 0.238. The van der Waals surface area contributed by atoms with Crippen LogP contribution in [0.3, 0.4) is 0 Å². The van der Waals surface area contributed by atoms with Crippen molar-refractivity contribution >= 4 is 5.95 Å². The fourth-order valence-electron chi connectivity index (χ4n) is 1.64. The van der Waals surface area contributed by atoms with Crippen molar-refractivity contribution in [2.24, 2.45) is 0 Å². The molecule has 0 amide bonds. The third-order valence-electron chi connectivity index (χ3n) is 2.72. The number of rotatable bonds is 5. The highest BCUT2D eigenvalue weighted by atomic mass is 16.5. The predicted molar refractivity (Wildman–Crippen MR) is 60.4 cm³/mol. The van der Waals surface area contributed by atoms with Crippen molar-refractivity contribution in [1.82, 2.24) is 15.0 Å². The van der Waals surface area contributed by atoms with Crippen molar-refractivity contribution in [3.8, 4) is 12.0 Å². The Morgan fingerprint density at radius 1 is 1.00 bits per heavy atom. The number of nitrogens with zero attached hydrogens (tertiary/aromatic N) is 3. The largest absolute Gasteiger partial charge is 0.467 e. The Morgan fingerprint density at radius 3 is 2.06 bits per heavy atom. The van der Waals surface area contributed by atoms with E-state index in [2.05, 4.69) is 20.3 Å². The van der Waals surface area contributed by atoms with Crippen LogP contribution in [0.25, 0.3) is 0 Å². The second-order valence-corrected chi connectivity index (χ2v) is 3.80. The summed E-state index contributed by atoms with van der Waals surface area (Å²) in [5.74, 6) is 0.466. The second-order valence-electron chi connectivity index (χ2n) is 3.80. The van der Waals surface area contributed by atoms with Crippen molar-refractivity contribution in [3.63, 3.8) is 0 Å². The topological polar surface area (TPSA) is 78.4 Å². The van der Waals surface area contributed by atoms with Crippen LogP contribution in [-0.4, -0.2) is 48.4 Å². The van der Waals surface area contributed by atoms with Gasteiger partial charge in [0.25, 0.3) is 0 Å². The van der Waals surface area contributed by atoms with Crippen molar-refractivity contribution in [2.45, 2.75) is 25.0 Å². The molecule has 0 aliphatic heterocycles. The zero-order chi connectivity index (χ0) is 12.3. The molecule has 1 fully saturated rings. The maximum atomic E-state index is 5.20. The van der Waals surface area contributed by atoms with Crippen molar-refractivity contribution < 1.29 is 14.2 Å². The van der Waals surface area contributed by atoms with Gasteiger partial charge in [0.15, 0.2) is 0 Å². The molecule has 0 atom stereocenters. The van der Waals surface area contributed by atoms with Gasteiger partial charge in [-0.1, -0.05) is 0 Å². The summed E-state index contributed by atoms with van der Waals surface area (Å²) in [5, 5.41) is 3.19. The van der Waals surface area contributed by atoms with E-state index in [1.165, 1.54) is 14.2 Å². The first kappa shape index (κ1) is 11.8. The third-order valence-corrected chi connectivity index (χ3v) is 2.72. The van der Waals surface area contributed by atoms with Crippen LogP contribution in [0.15, 0.2) is 0 Å². The van der Waals surface area contributed by atoms with E-state index in [1.807, 2.05) is 0 Å². The number of aromatic nitrogens is 3. The Hall–Kier alpha value is -1.63. The lowest BCUT2D eigenvalue weighted by molar-refractivity contribution is 0.0326. The maximum absolute atomic E-state index is 5.20. The molecule has 7 nitrogen and oxygen atoms in total. The first-order chi connectivity index (χ1) is 8.25. The first-order valence-electron chi connectivity index (χ1n) is 5.38. The van der Waals surface area contributed by atoms with Gasteiger partial charge in [-0.05, 0) is 12.8 Å². The number of ether oxygens (including phenoxy) is 3. The van der Waals surface area contributed by atoms with E-state index < -0.39 is 0 Å². The summed E-state index contributed by atoms with van der Waals surface area (Å²) >= 11 is 0. The Balaban J connectivity index is 2.00. The highest BCUT2D eigenvalue weighted by Gasteiger charge is 2.29. The van der Waals surface area contributed by atoms with Crippen molar-refractivity contribution in [2.75, 3.05) is 26.6 Å². The molecule has 1 aliphatic rings. The number of nitrogens with one attached hydrogen (secondary N) is 1. The molecular weight excluding hydrogens is 224 g/mol. The normalized spacial score (nSPS) is 22.8. The summed E-state index contributed by atoms with van der Waals surface area (Å²) in [5.41, 5.74) is 0. The number of anilines is 1. The molecule has 0 spiro atoms. The van der Waals surface area contributed by atoms with Gasteiger partial charge in [0.2, 0.25) is 5.95 Å². The van der Waals surface area contributed by atoms with Crippen LogP contribution >= 0.6 is 0 Å². The fourth-order valence-corrected chi connectivity index (χ4v) is 1.64. The van der Waals surface area contributed by atoms with Crippen molar-refractivity contribution in [3.05, 3.63) is 0 Å². The zero-order valence-electron chi connectivity index (χ0n) is 10.1. The highest BCUT2D eigenvalue weighted by molar-refractivity contribution is 5.30. The SMILES string of the molecule is COc1nc(NC2CC(OC)C2)nc(OC)n1. The molecule has 0 radical (unpaired) electrons. The molecule has 1 heterocycles. The van der Waals surface area contributed by atoms with E-state index in [0.717, 1.165) is 12.8 Å².